The van der Waals surface area contributed by atoms with Crippen LogP contribution in [0.3, 0.4) is 0 Å². The number of hydrogen-bond donors (Lipinski definition) is 1. The minimum atomic E-state index is -0.760. The van der Waals surface area contributed by atoms with Crippen LogP contribution in [0.4, 0.5) is 0 Å². The van der Waals surface area contributed by atoms with E-state index in [9.17, 15) is 9.59 Å². The van der Waals surface area contributed by atoms with E-state index in [0.29, 0.717) is 21.5 Å². The van der Waals surface area contributed by atoms with Crippen molar-refractivity contribution in [1.82, 2.24) is 4.98 Å². The topological polar surface area (TPSA) is 63.1 Å². The lowest BCUT2D eigenvalue weighted by molar-refractivity contribution is 0.460. The molecule has 1 aromatic carbocycles. The average molecular weight is 212 g/mol. The molecule has 0 amide bonds. The second kappa shape index (κ2) is 2.99. The van der Waals surface area contributed by atoms with Crippen molar-refractivity contribution in [2.45, 2.75) is 6.92 Å². The zero-order valence-electron chi connectivity index (χ0n) is 7.26. The molecule has 5 heteroatoms. The van der Waals surface area contributed by atoms with E-state index >= 15 is 0 Å². The number of H-pyrrole nitrogens is 1. The Labute approximate surface area is 83.1 Å². The van der Waals surface area contributed by atoms with E-state index in [1.807, 2.05) is 0 Å². The van der Waals surface area contributed by atoms with Gasteiger partial charge in [-0.25, -0.2) is 9.59 Å². The Morgan fingerprint density at radius 2 is 2.07 bits per heavy atom. The summed E-state index contributed by atoms with van der Waals surface area (Å²) in [6, 6.07) is 3.19. The van der Waals surface area contributed by atoms with Crippen LogP contribution in [0.5, 0.6) is 0 Å². The van der Waals surface area contributed by atoms with E-state index in [4.69, 9.17) is 11.6 Å². The molecular weight excluding hydrogens is 206 g/mol. The van der Waals surface area contributed by atoms with Crippen LogP contribution >= 0.6 is 11.6 Å². The highest BCUT2D eigenvalue weighted by molar-refractivity contribution is 6.32. The van der Waals surface area contributed by atoms with Crippen LogP contribution in [0.15, 0.2) is 26.1 Å². The Hall–Kier alpha value is -1.55. The number of rotatable bonds is 0. The molecule has 1 heterocycles. The van der Waals surface area contributed by atoms with Crippen molar-refractivity contribution in [3.63, 3.8) is 0 Å². The van der Waals surface area contributed by atoms with Crippen molar-refractivity contribution in [3.05, 3.63) is 43.7 Å². The SMILES string of the molecule is Cc1c(Cl)ccc2[nH]c(=O)oc(=O)c12. The first-order chi connectivity index (χ1) is 6.59. The Balaban J connectivity index is 3.11. The second-order valence-electron chi connectivity index (χ2n) is 2.90. The van der Waals surface area contributed by atoms with Gasteiger partial charge in [0.2, 0.25) is 0 Å². The van der Waals surface area contributed by atoms with E-state index in [-0.39, 0.29) is 0 Å². The van der Waals surface area contributed by atoms with Crippen molar-refractivity contribution in [2.24, 2.45) is 0 Å². The first-order valence-electron chi connectivity index (χ1n) is 3.92. The highest BCUT2D eigenvalue weighted by atomic mass is 35.5. The third kappa shape index (κ3) is 1.24. The van der Waals surface area contributed by atoms with E-state index in [1.165, 1.54) is 0 Å². The molecule has 0 fully saturated rings. The molecule has 0 aliphatic rings. The van der Waals surface area contributed by atoms with E-state index in [1.54, 1.807) is 19.1 Å². The number of aryl methyl sites for hydroxylation is 1. The Kier molecular flexibility index (Phi) is 1.93. The first-order valence-corrected chi connectivity index (χ1v) is 4.29. The molecule has 72 valence electrons. The fourth-order valence-corrected chi connectivity index (χ4v) is 1.48. The Morgan fingerprint density at radius 1 is 1.36 bits per heavy atom. The number of aromatic nitrogens is 1. The van der Waals surface area contributed by atoms with Gasteiger partial charge in [-0.2, -0.15) is 0 Å². The van der Waals surface area contributed by atoms with Crippen LogP contribution in [0.2, 0.25) is 5.02 Å². The maximum atomic E-state index is 11.3. The molecule has 0 atom stereocenters. The van der Waals surface area contributed by atoms with Crippen molar-refractivity contribution in [1.29, 1.82) is 0 Å². The Bertz CT molecular complexity index is 611. The highest BCUT2D eigenvalue weighted by Gasteiger charge is 2.07. The maximum Gasteiger partial charge on any atom is 0.419 e. The number of hydrogen-bond acceptors (Lipinski definition) is 3. The van der Waals surface area contributed by atoms with Crippen molar-refractivity contribution in [2.75, 3.05) is 0 Å². The monoisotopic (exact) mass is 211 g/mol. The van der Waals surface area contributed by atoms with Gasteiger partial charge in [0.1, 0.15) is 0 Å². The summed E-state index contributed by atoms with van der Waals surface area (Å²) in [7, 11) is 0. The van der Waals surface area contributed by atoms with Crippen LogP contribution < -0.4 is 11.4 Å². The van der Waals surface area contributed by atoms with Crippen molar-refractivity contribution in [3.8, 4) is 0 Å². The number of fused-ring (bicyclic) bond motifs is 1. The number of halogens is 1. The molecule has 1 aromatic heterocycles. The summed E-state index contributed by atoms with van der Waals surface area (Å²) in [4.78, 5) is 24.6. The average Bonchev–Trinajstić information content (AvgIpc) is 2.10. The lowest BCUT2D eigenvalue weighted by atomic mass is 10.1. The largest absolute Gasteiger partial charge is 0.419 e. The molecule has 2 rings (SSSR count). The van der Waals surface area contributed by atoms with Crippen LogP contribution in [0, 0.1) is 6.92 Å². The normalized spacial score (nSPS) is 10.7. The van der Waals surface area contributed by atoms with Crippen molar-refractivity contribution >= 4 is 22.5 Å². The molecule has 0 saturated carbocycles. The van der Waals surface area contributed by atoms with E-state index in [2.05, 4.69) is 9.40 Å². The third-order valence-corrected chi connectivity index (χ3v) is 2.43. The van der Waals surface area contributed by atoms with Crippen molar-refractivity contribution < 1.29 is 4.42 Å². The molecule has 0 bridgehead atoms. The summed E-state index contributed by atoms with van der Waals surface area (Å²) in [5, 5.41) is 0.786. The van der Waals surface area contributed by atoms with E-state index in [0.717, 1.165) is 0 Å². The number of nitrogens with one attached hydrogen (secondary N) is 1. The van der Waals surface area contributed by atoms with Gasteiger partial charge in [0.15, 0.2) is 0 Å². The molecule has 0 saturated heterocycles. The van der Waals surface area contributed by atoms with Gasteiger partial charge in [-0.05, 0) is 24.6 Å². The van der Waals surface area contributed by atoms with Crippen LogP contribution in [0.25, 0.3) is 10.9 Å². The minimum absolute atomic E-state index is 0.317. The molecule has 0 aliphatic carbocycles. The molecule has 1 N–H and O–H groups in total. The van der Waals surface area contributed by atoms with Gasteiger partial charge in [-0.1, -0.05) is 11.6 Å². The molecule has 0 radical (unpaired) electrons. The highest BCUT2D eigenvalue weighted by Crippen LogP contribution is 2.20. The molecule has 14 heavy (non-hydrogen) atoms. The third-order valence-electron chi connectivity index (χ3n) is 2.03. The summed E-state index contributed by atoms with van der Waals surface area (Å²) in [5.74, 6) is -0.760. The quantitative estimate of drug-likeness (QED) is 0.717. The predicted molar refractivity (Wildman–Crippen MR) is 52.9 cm³/mol. The molecular formula is C9H6ClNO3. The van der Waals surface area contributed by atoms with Gasteiger partial charge >= 0.3 is 11.4 Å². The van der Waals surface area contributed by atoms with Crippen LogP contribution in [-0.4, -0.2) is 4.98 Å². The molecule has 0 spiro atoms. The fourth-order valence-electron chi connectivity index (χ4n) is 1.32. The summed E-state index contributed by atoms with van der Waals surface area (Å²) in [6.07, 6.45) is 0. The van der Waals surface area contributed by atoms with Crippen LogP contribution in [-0.2, 0) is 0 Å². The van der Waals surface area contributed by atoms with Gasteiger partial charge in [0.25, 0.3) is 0 Å². The first kappa shape index (κ1) is 9.02. The lowest BCUT2D eigenvalue weighted by Gasteiger charge is -2.00. The van der Waals surface area contributed by atoms with Gasteiger partial charge < -0.3 is 4.42 Å². The minimum Gasteiger partial charge on any atom is -0.372 e. The zero-order chi connectivity index (χ0) is 10.3. The maximum absolute atomic E-state index is 11.3. The second-order valence-corrected chi connectivity index (χ2v) is 3.30. The van der Waals surface area contributed by atoms with Crippen LogP contribution in [0.1, 0.15) is 5.56 Å². The summed E-state index contributed by atoms with van der Waals surface area (Å²) >= 11 is 5.83. The number of aromatic amines is 1. The molecule has 4 nitrogen and oxygen atoms in total. The number of benzene rings is 1. The predicted octanol–water partition coefficient (Wildman–Crippen LogP) is 1.44. The summed E-state index contributed by atoms with van der Waals surface area (Å²) in [5.41, 5.74) is 0.381. The van der Waals surface area contributed by atoms with Gasteiger partial charge in [-0.15, -0.1) is 0 Å². The van der Waals surface area contributed by atoms with E-state index < -0.39 is 11.4 Å². The van der Waals surface area contributed by atoms with Gasteiger partial charge in [0.05, 0.1) is 10.9 Å². The smallest absolute Gasteiger partial charge is 0.372 e. The standard InChI is InChI=1S/C9H6ClNO3/c1-4-5(10)2-3-6-7(4)8(12)14-9(13)11-6/h2-3H,1H3,(H,11,13). The van der Waals surface area contributed by atoms with Gasteiger partial charge in [0, 0.05) is 5.02 Å². The zero-order valence-corrected chi connectivity index (χ0v) is 8.01. The molecule has 0 aliphatic heterocycles. The molecule has 0 unspecified atom stereocenters. The molecule has 2 aromatic rings. The Morgan fingerprint density at radius 3 is 2.79 bits per heavy atom. The fraction of sp³-hybridized carbons (Fsp3) is 0.111. The summed E-state index contributed by atoms with van der Waals surface area (Å²) in [6.45, 7) is 1.69. The summed E-state index contributed by atoms with van der Waals surface area (Å²) < 4.78 is 4.40. The lowest BCUT2D eigenvalue weighted by Crippen LogP contribution is -2.15. The van der Waals surface area contributed by atoms with Gasteiger partial charge in [-0.3, -0.25) is 4.98 Å².